The van der Waals surface area contributed by atoms with Gasteiger partial charge in [-0.2, -0.15) is 13.2 Å². The van der Waals surface area contributed by atoms with E-state index in [1.165, 1.54) is 6.07 Å². The van der Waals surface area contributed by atoms with Gasteiger partial charge in [-0.05, 0) is 50.5 Å². The van der Waals surface area contributed by atoms with E-state index in [1.807, 2.05) is 6.92 Å². The van der Waals surface area contributed by atoms with Crippen LogP contribution in [0.1, 0.15) is 36.6 Å². The number of hydrogen-bond donors (Lipinski definition) is 0. The van der Waals surface area contributed by atoms with Crippen molar-refractivity contribution in [2.45, 2.75) is 39.4 Å². The standard InChI is InChI=1S/C19H20F3N3O/c1-3-25(18(26)13-4-5-13)11-14-10-15(19(20,21)22)6-7-16(14)17-23-9-8-12(2)24-17/h6-10,13H,3-5,11H2,1-2H3. The molecule has 138 valence electrons. The number of carbonyl (C=O) groups excluding carboxylic acids is 1. The summed E-state index contributed by atoms with van der Waals surface area (Å²) in [7, 11) is 0. The normalized spacial score (nSPS) is 14.3. The van der Waals surface area contributed by atoms with Gasteiger partial charge in [0.1, 0.15) is 0 Å². The predicted molar refractivity (Wildman–Crippen MR) is 91.0 cm³/mol. The Hall–Kier alpha value is -2.44. The van der Waals surface area contributed by atoms with E-state index < -0.39 is 11.7 Å². The lowest BCUT2D eigenvalue weighted by Gasteiger charge is -2.23. The van der Waals surface area contributed by atoms with Crippen LogP contribution in [-0.4, -0.2) is 27.3 Å². The molecular formula is C19H20F3N3O. The van der Waals surface area contributed by atoms with Crippen molar-refractivity contribution in [3.8, 4) is 11.4 Å². The Balaban J connectivity index is 2.02. The van der Waals surface area contributed by atoms with Gasteiger partial charge >= 0.3 is 6.18 Å². The third kappa shape index (κ3) is 4.03. The third-order valence-electron chi connectivity index (χ3n) is 4.45. The average molecular weight is 363 g/mol. The Kier molecular flexibility index (Phi) is 4.98. The molecule has 1 amide bonds. The van der Waals surface area contributed by atoms with Gasteiger partial charge in [0.25, 0.3) is 0 Å². The lowest BCUT2D eigenvalue weighted by molar-refractivity contribution is -0.137. The first-order valence-corrected chi connectivity index (χ1v) is 8.58. The van der Waals surface area contributed by atoms with Gasteiger partial charge in [-0.3, -0.25) is 4.79 Å². The summed E-state index contributed by atoms with van der Waals surface area (Å²) in [6, 6.07) is 5.25. The summed E-state index contributed by atoms with van der Waals surface area (Å²) in [5.41, 5.74) is 0.908. The fourth-order valence-electron chi connectivity index (χ4n) is 2.84. The molecule has 1 saturated carbocycles. The molecule has 0 atom stereocenters. The van der Waals surface area contributed by atoms with Gasteiger partial charge in [0, 0.05) is 36.5 Å². The van der Waals surface area contributed by atoms with E-state index in [0.29, 0.717) is 23.5 Å². The number of rotatable bonds is 5. The van der Waals surface area contributed by atoms with Gasteiger partial charge in [-0.1, -0.05) is 6.07 Å². The van der Waals surface area contributed by atoms with E-state index in [0.717, 1.165) is 30.7 Å². The van der Waals surface area contributed by atoms with E-state index in [1.54, 1.807) is 24.1 Å². The number of aryl methyl sites for hydroxylation is 1. The molecule has 3 rings (SSSR count). The van der Waals surface area contributed by atoms with Crippen molar-refractivity contribution in [2.24, 2.45) is 5.92 Å². The van der Waals surface area contributed by atoms with E-state index in [-0.39, 0.29) is 18.4 Å². The van der Waals surface area contributed by atoms with Crippen LogP contribution in [0.3, 0.4) is 0 Å². The maximum atomic E-state index is 13.2. The van der Waals surface area contributed by atoms with Crippen LogP contribution in [0.5, 0.6) is 0 Å². The lowest BCUT2D eigenvalue weighted by Crippen LogP contribution is -2.31. The Morgan fingerprint density at radius 2 is 2.00 bits per heavy atom. The summed E-state index contributed by atoms with van der Waals surface area (Å²) < 4.78 is 39.5. The molecule has 0 unspecified atom stereocenters. The van der Waals surface area contributed by atoms with E-state index in [9.17, 15) is 18.0 Å². The van der Waals surface area contributed by atoms with Crippen molar-refractivity contribution in [2.75, 3.05) is 6.54 Å². The zero-order valence-electron chi connectivity index (χ0n) is 14.7. The smallest absolute Gasteiger partial charge is 0.338 e. The van der Waals surface area contributed by atoms with Crippen LogP contribution in [0.25, 0.3) is 11.4 Å². The van der Waals surface area contributed by atoms with Gasteiger partial charge in [-0.25, -0.2) is 9.97 Å². The number of carbonyl (C=O) groups is 1. The van der Waals surface area contributed by atoms with Gasteiger partial charge in [-0.15, -0.1) is 0 Å². The van der Waals surface area contributed by atoms with Crippen LogP contribution in [0, 0.1) is 12.8 Å². The molecule has 0 spiro atoms. The summed E-state index contributed by atoms with van der Waals surface area (Å²) in [4.78, 5) is 22.5. The van der Waals surface area contributed by atoms with Crippen LogP contribution >= 0.6 is 0 Å². The van der Waals surface area contributed by atoms with Crippen LogP contribution in [-0.2, 0) is 17.5 Å². The van der Waals surface area contributed by atoms with Gasteiger partial charge in [0.05, 0.1) is 5.56 Å². The quantitative estimate of drug-likeness (QED) is 0.799. The molecule has 0 bridgehead atoms. The minimum atomic E-state index is -4.45. The second-order valence-electron chi connectivity index (χ2n) is 6.52. The molecular weight excluding hydrogens is 343 g/mol. The highest BCUT2D eigenvalue weighted by Crippen LogP contribution is 2.35. The van der Waals surface area contributed by atoms with Crippen molar-refractivity contribution in [1.29, 1.82) is 0 Å². The fourth-order valence-corrected chi connectivity index (χ4v) is 2.84. The molecule has 7 heteroatoms. The van der Waals surface area contributed by atoms with Crippen LogP contribution in [0.15, 0.2) is 30.5 Å². The maximum Gasteiger partial charge on any atom is 0.416 e. The number of nitrogens with zero attached hydrogens (tertiary/aromatic N) is 3. The molecule has 0 N–H and O–H groups in total. The highest BCUT2D eigenvalue weighted by Gasteiger charge is 2.34. The Labute approximate surface area is 150 Å². The van der Waals surface area contributed by atoms with Gasteiger partial charge < -0.3 is 4.90 Å². The lowest BCUT2D eigenvalue weighted by atomic mass is 10.0. The summed E-state index contributed by atoms with van der Waals surface area (Å²) in [6.07, 6.45) is -1.16. The molecule has 1 aliphatic carbocycles. The number of aromatic nitrogens is 2. The second-order valence-corrected chi connectivity index (χ2v) is 6.52. The van der Waals surface area contributed by atoms with Crippen LogP contribution in [0.4, 0.5) is 13.2 Å². The second kappa shape index (κ2) is 7.05. The molecule has 1 aliphatic rings. The SMILES string of the molecule is CCN(Cc1cc(C(F)(F)F)ccc1-c1nccc(C)n1)C(=O)C1CC1. The Morgan fingerprint density at radius 1 is 1.27 bits per heavy atom. The fraction of sp³-hybridized carbons (Fsp3) is 0.421. The molecule has 4 nitrogen and oxygen atoms in total. The van der Waals surface area contributed by atoms with Crippen molar-refractivity contribution < 1.29 is 18.0 Å². The first kappa shape index (κ1) is 18.4. The van der Waals surface area contributed by atoms with Gasteiger partial charge in [0.2, 0.25) is 5.91 Å². The molecule has 26 heavy (non-hydrogen) atoms. The third-order valence-corrected chi connectivity index (χ3v) is 4.45. The molecule has 1 heterocycles. The van der Waals surface area contributed by atoms with Crippen molar-refractivity contribution >= 4 is 5.91 Å². The van der Waals surface area contributed by atoms with E-state index >= 15 is 0 Å². The topological polar surface area (TPSA) is 46.1 Å². The number of benzene rings is 1. The maximum absolute atomic E-state index is 13.2. The van der Waals surface area contributed by atoms with E-state index in [2.05, 4.69) is 9.97 Å². The minimum Gasteiger partial charge on any atom is -0.338 e. The Morgan fingerprint density at radius 3 is 2.58 bits per heavy atom. The monoisotopic (exact) mass is 363 g/mol. The van der Waals surface area contributed by atoms with E-state index in [4.69, 9.17) is 0 Å². The highest BCUT2D eigenvalue weighted by molar-refractivity contribution is 5.81. The Bertz CT molecular complexity index is 816. The van der Waals surface area contributed by atoms with Crippen molar-refractivity contribution in [3.63, 3.8) is 0 Å². The first-order chi connectivity index (χ1) is 12.3. The number of amides is 1. The first-order valence-electron chi connectivity index (χ1n) is 8.58. The molecule has 0 aliphatic heterocycles. The average Bonchev–Trinajstić information content (AvgIpc) is 3.43. The summed E-state index contributed by atoms with van der Waals surface area (Å²) in [5.74, 6) is 0.379. The van der Waals surface area contributed by atoms with Crippen LogP contribution < -0.4 is 0 Å². The molecule has 1 aromatic heterocycles. The van der Waals surface area contributed by atoms with Gasteiger partial charge in [0.15, 0.2) is 5.82 Å². The molecule has 0 saturated heterocycles. The molecule has 0 radical (unpaired) electrons. The summed E-state index contributed by atoms with van der Waals surface area (Å²) in [6.45, 7) is 4.18. The van der Waals surface area contributed by atoms with Crippen LogP contribution in [0.2, 0.25) is 0 Å². The molecule has 1 fully saturated rings. The minimum absolute atomic E-state index is 0.000947. The van der Waals surface area contributed by atoms with Crippen molar-refractivity contribution in [1.82, 2.24) is 14.9 Å². The molecule has 1 aromatic carbocycles. The number of hydrogen-bond acceptors (Lipinski definition) is 3. The predicted octanol–water partition coefficient (Wildman–Crippen LogP) is 4.23. The number of alkyl halides is 3. The highest BCUT2D eigenvalue weighted by atomic mass is 19.4. The van der Waals surface area contributed by atoms with Crippen molar-refractivity contribution in [3.05, 3.63) is 47.3 Å². The zero-order chi connectivity index (χ0) is 18.9. The summed E-state index contributed by atoms with van der Waals surface area (Å²) in [5, 5.41) is 0. The largest absolute Gasteiger partial charge is 0.416 e. The zero-order valence-corrected chi connectivity index (χ0v) is 14.7. The molecule has 2 aromatic rings. The summed E-state index contributed by atoms with van der Waals surface area (Å²) >= 11 is 0. The number of halogens is 3.